The Morgan fingerprint density at radius 3 is 2.16 bits per heavy atom. The van der Waals surface area contributed by atoms with Gasteiger partial charge in [0.25, 0.3) is 11.8 Å². The lowest BCUT2D eigenvalue weighted by Crippen LogP contribution is -2.32. The van der Waals surface area contributed by atoms with E-state index in [1.165, 1.54) is 0 Å². The van der Waals surface area contributed by atoms with Crippen molar-refractivity contribution in [2.75, 3.05) is 32.2 Å². The number of benzene rings is 3. The zero-order valence-corrected chi connectivity index (χ0v) is 17.2. The summed E-state index contributed by atoms with van der Waals surface area (Å²) in [6, 6.07) is 23.2. The first-order valence-corrected chi connectivity index (χ1v) is 9.78. The first kappa shape index (κ1) is 21.7. The van der Waals surface area contributed by atoms with E-state index in [1.54, 1.807) is 55.6 Å². The minimum Gasteiger partial charge on any atom is -0.493 e. The molecule has 0 aliphatic heterocycles. The van der Waals surface area contributed by atoms with Crippen LogP contribution < -0.4 is 24.8 Å². The van der Waals surface area contributed by atoms with Crippen LogP contribution in [0.25, 0.3) is 0 Å². The van der Waals surface area contributed by atoms with Gasteiger partial charge in [-0.05, 0) is 36.4 Å². The number of carbonyl (C=O) groups is 2. The lowest BCUT2D eigenvalue weighted by atomic mass is 10.2. The van der Waals surface area contributed by atoms with E-state index in [1.807, 2.05) is 30.3 Å². The largest absolute Gasteiger partial charge is 0.493 e. The molecule has 0 aliphatic rings. The molecule has 0 fully saturated rings. The van der Waals surface area contributed by atoms with Crippen molar-refractivity contribution < 1.29 is 23.8 Å². The molecule has 0 spiro atoms. The molecule has 0 unspecified atom stereocenters. The van der Waals surface area contributed by atoms with E-state index in [4.69, 9.17) is 14.2 Å². The van der Waals surface area contributed by atoms with Crippen molar-refractivity contribution in [3.05, 3.63) is 84.4 Å². The van der Waals surface area contributed by atoms with E-state index in [2.05, 4.69) is 10.6 Å². The molecule has 3 rings (SSSR count). The van der Waals surface area contributed by atoms with E-state index in [0.29, 0.717) is 35.0 Å². The summed E-state index contributed by atoms with van der Waals surface area (Å²) in [6.07, 6.45) is 0. The molecular weight excluding hydrogens is 396 g/mol. The van der Waals surface area contributed by atoms with Crippen LogP contribution in [-0.4, -0.2) is 38.7 Å². The average molecular weight is 420 g/mol. The molecule has 0 saturated carbocycles. The first-order valence-electron chi connectivity index (χ1n) is 9.78. The summed E-state index contributed by atoms with van der Waals surface area (Å²) in [7, 11) is 1.57. The molecular formula is C24H24N2O5. The predicted molar refractivity (Wildman–Crippen MR) is 118 cm³/mol. The second-order valence-electron chi connectivity index (χ2n) is 6.45. The van der Waals surface area contributed by atoms with Gasteiger partial charge in [0.1, 0.15) is 12.4 Å². The summed E-state index contributed by atoms with van der Waals surface area (Å²) in [6.45, 7) is 0.364. The lowest BCUT2D eigenvalue weighted by Gasteiger charge is -2.13. The number of hydrogen-bond acceptors (Lipinski definition) is 5. The highest BCUT2D eigenvalue weighted by Gasteiger charge is 2.13. The van der Waals surface area contributed by atoms with Crippen LogP contribution in [0.3, 0.4) is 0 Å². The molecule has 0 bridgehead atoms. The summed E-state index contributed by atoms with van der Waals surface area (Å²) in [5.41, 5.74) is 1.02. The maximum Gasteiger partial charge on any atom is 0.259 e. The fraction of sp³-hybridized carbons (Fsp3) is 0.167. The van der Waals surface area contributed by atoms with Crippen molar-refractivity contribution in [3.63, 3.8) is 0 Å². The molecule has 0 aliphatic carbocycles. The van der Waals surface area contributed by atoms with Crippen molar-refractivity contribution in [3.8, 4) is 17.2 Å². The maximum absolute atomic E-state index is 12.6. The van der Waals surface area contributed by atoms with Gasteiger partial charge in [-0.1, -0.05) is 42.5 Å². The van der Waals surface area contributed by atoms with Crippen LogP contribution in [0.15, 0.2) is 78.9 Å². The van der Waals surface area contributed by atoms with E-state index >= 15 is 0 Å². The number of rotatable bonds is 10. The molecule has 31 heavy (non-hydrogen) atoms. The number of ether oxygens (including phenoxy) is 3. The van der Waals surface area contributed by atoms with Crippen LogP contribution >= 0.6 is 0 Å². The minimum atomic E-state index is -0.318. The van der Waals surface area contributed by atoms with Gasteiger partial charge in [-0.2, -0.15) is 0 Å². The van der Waals surface area contributed by atoms with Crippen LogP contribution in [0.2, 0.25) is 0 Å². The maximum atomic E-state index is 12.6. The summed E-state index contributed by atoms with van der Waals surface area (Å²) < 4.78 is 16.4. The summed E-state index contributed by atoms with van der Waals surface area (Å²) in [5.74, 6) is 0.932. The number of nitrogens with one attached hydrogen (secondary N) is 2. The summed E-state index contributed by atoms with van der Waals surface area (Å²) >= 11 is 0. The van der Waals surface area contributed by atoms with Crippen LogP contribution in [0, 0.1) is 0 Å². The van der Waals surface area contributed by atoms with E-state index in [-0.39, 0.29) is 25.0 Å². The van der Waals surface area contributed by atoms with Crippen LogP contribution in [0.4, 0.5) is 5.69 Å². The molecule has 2 amide bonds. The van der Waals surface area contributed by atoms with Gasteiger partial charge in [0.15, 0.2) is 18.1 Å². The Hall–Kier alpha value is -4.00. The van der Waals surface area contributed by atoms with Gasteiger partial charge in [-0.15, -0.1) is 0 Å². The molecule has 3 aromatic rings. The number of methoxy groups -OCH3 is 1. The number of para-hydroxylation sites is 4. The van der Waals surface area contributed by atoms with Gasteiger partial charge in [0, 0.05) is 5.69 Å². The Balaban J connectivity index is 1.46. The van der Waals surface area contributed by atoms with Crippen LogP contribution in [0.1, 0.15) is 10.4 Å². The topological polar surface area (TPSA) is 85.9 Å². The quantitative estimate of drug-likeness (QED) is 0.490. The van der Waals surface area contributed by atoms with Gasteiger partial charge < -0.3 is 24.8 Å². The van der Waals surface area contributed by atoms with E-state index in [0.717, 1.165) is 0 Å². The molecule has 7 heteroatoms. The number of hydrogen-bond donors (Lipinski definition) is 2. The third-order valence-corrected chi connectivity index (χ3v) is 4.27. The highest BCUT2D eigenvalue weighted by Crippen LogP contribution is 2.25. The third-order valence-electron chi connectivity index (χ3n) is 4.27. The van der Waals surface area contributed by atoms with Gasteiger partial charge in [-0.3, -0.25) is 9.59 Å². The van der Waals surface area contributed by atoms with Gasteiger partial charge in [0.05, 0.1) is 19.2 Å². The van der Waals surface area contributed by atoms with Gasteiger partial charge in [0.2, 0.25) is 0 Å². The van der Waals surface area contributed by atoms with Crippen molar-refractivity contribution >= 4 is 17.5 Å². The lowest BCUT2D eigenvalue weighted by molar-refractivity contribution is -0.123. The standard InChI is InChI=1S/C24H24N2O5/c1-29-21-13-7-8-14-22(21)30-16-15-25-23(27)17-31-20-12-6-5-11-19(20)24(28)26-18-9-3-2-4-10-18/h2-14H,15-17H2,1H3,(H,25,27)(H,26,28). The van der Waals surface area contributed by atoms with E-state index in [9.17, 15) is 9.59 Å². The molecule has 0 heterocycles. The van der Waals surface area contributed by atoms with Crippen molar-refractivity contribution in [2.45, 2.75) is 0 Å². The van der Waals surface area contributed by atoms with Crippen LogP contribution in [0.5, 0.6) is 17.2 Å². The Morgan fingerprint density at radius 2 is 1.42 bits per heavy atom. The Kier molecular flexibility index (Phi) is 7.88. The second-order valence-corrected chi connectivity index (χ2v) is 6.45. The van der Waals surface area contributed by atoms with Crippen molar-refractivity contribution in [1.29, 1.82) is 0 Å². The number of anilines is 1. The second kappa shape index (κ2) is 11.3. The molecule has 3 aromatic carbocycles. The first-order chi connectivity index (χ1) is 15.2. The Bertz CT molecular complexity index is 1010. The molecule has 7 nitrogen and oxygen atoms in total. The number of carbonyl (C=O) groups excluding carboxylic acids is 2. The SMILES string of the molecule is COc1ccccc1OCCNC(=O)COc1ccccc1C(=O)Nc1ccccc1. The van der Waals surface area contributed by atoms with Crippen molar-refractivity contribution in [2.24, 2.45) is 0 Å². The molecule has 0 aromatic heterocycles. The molecule has 0 saturated heterocycles. The van der Waals surface area contributed by atoms with Gasteiger partial charge >= 0.3 is 0 Å². The fourth-order valence-corrected chi connectivity index (χ4v) is 2.78. The highest BCUT2D eigenvalue weighted by molar-refractivity contribution is 6.06. The zero-order chi connectivity index (χ0) is 21.9. The monoisotopic (exact) mass is 420 g/mol. The Morgan fingerprint density at radius 1 is 0.774 bits per heavy atom. The number of amides is 2. The average Bonchev–Trinajstić information content (AvgIpc) is 2.81. The fourth-order valence-electron chi connectivity index (χ4n) is 2.78. The van der Waals surface area contributed by atoms with E-state index < -0.39 is 0 Å². The third kappa shape index (κ3) is 6.50. The summed E-state index contributed by atoms with van der Waals surface area (Å²) in [5, 5.41) is 5.53. The van der Waals surface area contributed by atoms with Crippen molar-refractivity contribution in [1.82, 2.24) is 5.32 Å². The normalized spacial score (nSPS) is 10.1. The molecule has 0 atom stereocenters. The summed E-state index contributed by atoms with van der Waals surface area (Å²) in [4.78, 5) is 24.7. The molecule has 0 radical (unpaired) electrons. The Labute approximate surface area is 180 Å². The zero-order valence-electron chi connectivity index (χ0n) is 17.2. The van der Waals surface area contributed by atoms with Gasteiger partial charge in [-0.25, -0.2) is 0 Å². The smallest absolute Gasteiger partial charge is 0.259 e. The minimum absolute atomic E-state index is 0.218. The predicted octanol–water partition coefficient (Wildman–Crippen LogP) is 3.52. The van der Waals surface area contributed by atoms with Crippen LogP contribution in [-0.2, 0) is 4.79 Å². The molecule has 160 valence electrons. The highest BCUT2D eigenvalue weighted by atomic mass is 16.5. The molecule has 2 N–H and O–H groups in total.